The number of nitrogens with one attached hydrogen (secondary N) is 1. The van der Waals surface area contributed by atoms with Crippen molar-refractivity contribution >= 4 is 5.69 Å². The summed E-state index contributed by atoms with van der Waals surface area (Å²) in [5.41, 5.74) is 0.942. The predicted octanol–water partition coefficient (Wildman–Crippen LogP) is 1.78. The molecular formula is C13H19N3O2. The average molecular weight is 249 g/mol. The van der Waals surface area contributed by atoms with Crippen molar-refractivity contribution in [2.24, 2.45) is 0 Å². The summed E-state index contributed by atoms with van der Waals surface area (Å²) < 4.78 is 0. The Morgan fingerprint density at radius 2 is 2.17 bits per heavy atom. The summed E-state index contributed by atoms with van der Waals surface area (Å²) in [6.07, 6.45) is 2.61. The van der Waals surface area contributed by atoms with E-state index in [0.29, 0.717) is 6.54 Å². The van der Waals surface area contributed by atoms with Gasteiger partial charge >= 0.3 is 0 Å². The maximum Gasteiger partial charge on any atom is 0.273 e. The van der Waals surface area contributed by atoms with Crippen LogP contribution in [0.1, 0.15) is 18.4 Å². The fraction of sp³-hybridized carbons (Fsp3) is 0.538. The Morgan fingerprint density at radius 3 is 2.83 bits per heavy atom. The van der Waals surface area contributed by atoms with Crippen LogP contribution in [0.15, 0.2) is 24.3 Å². The number of nitro benzene ring substituents is 1. The molecule has 0 bridgehead atoms. The third kappa shape index (κ3) is 3.51. The Labute approximate surface area is 107 Å². The van der Waals surface area contributed by atoms with Gasteiger partial charge in [0, 0.05) is 37.3 Å². The van der Waals surface area contributed by atoms with Crippen LogP contribution in [0.3, 0.4) is 0 Å². The number of nitrogens with zero attached hydrogens (tertiary/aromatic N) is 2. The normalized spacial score (nSPS) is 15.0. The maximum atomic E-state index is 10.8. The molecule has 0 amide bonds. The molecule has 1 aromatic carbocycles. The first-order valence-corrected chi connectivity index (χ1v) is 6.31. The van der Waals surface area contributed by atoms with E-state index >= 15 is 0 Å². The summed E-state index contributed by atoms with van der Waals surface area (Å²) in [5, 5.41) is 14.1. The maximum absolute atomic E-state index is 10.8. The molecule has 2 rings (SSSR count). The molecule has 1 aliphatic carbocycles. The molecule has 18 heavy (non-hydrogen) atoms. The average Bonchev–Trinajstić information content (AvgIpc) is 3.19. The van der Waals surface area contributed by atoms with E-state index in [-0.39, 0.29) is 10.6 Å². The monoisotopic (exact) mass is 249 g/mol. The van der Waals surface area contributed by atoms with Crippen molar-refractivity contribution in [2.45, 2.75) is 25.4 Å². The van der Waals surface area contributed by atoms with E-state index in [1.165, 1.54) is 12.8 Å². The Bertz CT molecular complexity index is 418. The minimum atomic E-state index is -0.326. The van der Waals surface area contributed by atoms with Crippen LogP contribution in [0.2, 0.25) is 0 Å². The lowest BCUT2D eigenvalue weighted by atomic mass is 10.2. The number of para-hydroxylation sites is 1. The lowest BCUT2D eigenvalue weighted by Gasteiger charge is -2.15. The molecule has 1 saturated carbocycles. The molecule has 1 aromatic rings. The molecule has 0 unspecified atom stereocenters. The first-order chi connectivity index (χ1) is 8.68. The van der Waals surface area contributed by atoms with E-state index < -0.39 is 0 Å². The zero-order chi connectivity index (χ0) is 13.0. The summed E-state index contributed by atoms with van der Waals surface area (Å²) in [7, 11) is 2.13. The van der Waals surface area contributed by atoms with E-state index in [9.17, 15) is 10.1 Å². The van der Waals surface area contributed by atoms with Crippen LogP contribution in [0, 0.1) is 10.1 Å². The fourth-order valence-corrected chi connectivity index (χ4v) is 2.01. The lowest BCUT2D eigenvalue weighted by Crippen LogP contribution is -2.30. The van der Waals surface area contributed by atoms with Crippen LogP contribution in [-0.4, -0.2) is 36.0 Å². The standard InChI is InChI=1S/C13H19N3O2/c1-15(12-6-7-12)9-8-14-10-11-4-2-3-5-13(11)16(17)18/h2-5,12,14H,6-10H2,1H3. The van der Waals surface area contributed by atoms with E-state index in [4.69, 9.17) is 0 Å². The number of hydrogen-bond acceptors (Lipinski definition) is 4. The fourth-order valence-electron chi connectivity index (χ4n) is 2.01. The van der Waals surface area contributed by atoms with E-state index in [1.54, 1.807) is 18.2 Å². The highest BCUT2D eigenvalue weighted by Crippen LogP contribution is 2.24. The molecule has 0 spiro atoms. The molecule has 0 radical (unpaired) electrons. The minimum absolute atomic E-state index is 0.195. The first kappa shape index (κ1) is 13.0. The molecule has 0 atom stereocenters. The molecule has 0 aromatic heterocycles. The van der Waals surface area contributed by atoms with Crippen molar-refractivity contribution in [3.05, 3.63) is 39.9 Å². The largest absolute Gasteiger partial charge is 0.311 e. The summed E-state index contributed by atoms with van der Waals surface area (Å²) in [5.74, 6) is 0. The molecule has 5 nitrogen and oxygen atoms in total. The van der Waals surface area contributed by atoms with Crippen molar-refractivity contribution in [3.63, 3.8) is 0 Å². The SMILES string of the molecule is CN(CCNCc1ccccc1[N+](=O)[O-])C1CC1. The number of benzene rings is 1. The van der Waals surface area contributed by atoms with Crippen molar-refractivity contribution in [3.8, 4) is 0 Å². The van der Waals surface area contributed by atoms with Crippen LogP contribution >= 0.6 is 0 Å². The number of nitro groups is 1. The highest BCUT2D eigenvalue weighted by Gasteiger charge is 2.25. The first-order valence-electron chi connectivity index (χ1n) is 6.31. The highest BCUT2D eigenvalue weighted by molar-refractivity contribution is 5.39. The molecule has 1 N–H and O–H groups in total. The van der Waals surface area contributed by atoms with Gasteiger partial charge < -0.3 is 10.2 Å². The zero-order valence-corrected chi connectivity index (χ0v) is 10.6. The Hall–Kier alpha value is -1.46. The summed E-state index contributed by atoms with van der Waals surface area (Å²) >= 11 is 0. The van der Waals surface area contributed by atoms with Gasteiger partial charge in [-0.2, -0.15) is 0 Å². The van der Waals surface area contributed by atoms with Crippen LogP contribution in [0.25, 0.3) is 0 Å². The Kier molecular flexibility index (Phi) is 4.28. The van der Waals surface area contributed by atoms with Crippen molar-refractivity contribution in [1.29, 1.82) is 0 Å². The molecule has 0 saturated heterocycles. The third-order valence-electron chi connectivity index (χ3n) is 3.32. The second-order valence-electron chi connectivity index (χ2n) is 4.77. The summed E-state index contributed by atoms with van der Waals surface area (Å²) in [6.45, 7) is 2.40. The highest BCUT2D eigenvalue weighted by atomic mass is 16.6. The van der Waals surface area contributed by atoms with Gasteiger partial charge in [-0.05, 0) is 19.9 Å². The van der Waals surface area contributed by atoms with E-state index in [2.05, 4.69) is 17.3 Å². The van der Waals surface area contributed by atoms with E-state index in [1.807, 2.05) is 6.07 Å². The molecule has 98 valence electrons. The predicted molar refractivity (Wildman–Crippen MR) is 70.5 cm³/mol. The minimum Gasteiger partial charge on any atom is -0.311 e. The van der Waals surface area contributed by atoms with Crippen LogP contribution in [0.5, 0.6) is 0 Å². The smallest absolute Gasteiger partial charge is 0.273 e. The van der Waals surface area contributed by atoms with Gasteiger partial charge in [0.15, 0.2) is 0 Å². The van der Waals surface area contributed by atoms with Gasteiger partial charge in [-0.3, -0.25) is 10.1 Å². The molecule has 5 heteroatoms. The summed E-state index contributed by atoms with van der Waals surface area (Å²) in [4.78, 5) is 12.8. The second kappa shape index (κ2) is 5.93. The summed E-state index contributed by atoms with van der Waals surface area (Å²) in [6, 6.07) is 7.64. The van der Waals surface area contributed by atoms with Crippen LogP contribution in [-0.2, 0) is 6.54 Å². The van der Waals surface area contributed by atoms with Gasteiger partial charge in [0.05, 0.1) is 4.92 Å². The Balaban J connectivity index is 1.77. The van der Waals surface area contributed by atoms with Crippen molar-refractivity contribution in [1.82, 2.24) is 10.2 Å². The van der Waals surface area contributed by atoms with Gasteiger partial charge in [-0.1, -0.05) is 18.2 Å². The van der Waals surface area contributed by atoms with Crippen molar-refractivity contribution in [2.75, 3.05) is 20.1 Å². The van der Waals surface area contributed by atoms with Gasteiger partial charge in [-0.25, -0.2) is 0 Å². The third-order valence-corrected chi connectivity index (χ3v) is 3.32. The lowest BCUT2D eigenvalue weighted by molar-refractivity contribution is -0.385. The van der Waals surface area contributed by atoms with Gasteiger partial charge in [0.25, 0.3) is 5.69 Å². The van der Waals surface area contributed by atoms with Gasteiger partial charge in [0.1, 0.15) is 0 Å². The zero-order valence-electron chi connectivity index (χ0n) is 10.6. The molecule has 0 heterocycles. The molecule has 1 fully saturated rings. The quantitative estimate of drug-likeness (QED) is 0.454. The molecule has 1 aliphatic rings. The second-order valence-corrected chi connectivity index (χ2v) is 4.77. The number of rotatable bonds is 7. The number of likely N-dealkylation sites (N-methyl/N-ethyl adjacent to an activating group) is 1. The van der Waals surface area contributed by atoms with Gasteiger partial charge in [-0.15, -0.1) is 0 Å². The van der Waals surface area contributed by atoms with E-state index in [0.717, 1.165) is 24.7 Å². The Morgan fingerprint density at radius 1 is 1.44 bits per heavy atom. The number of hydrogen-bond donors (Lipinski definition) is 1. The van der Waals surface area contributed by atoms with Crippen LogP contribution < -0.4 is 5.32 Å². The van der Waals surface area contributed by atoms with Crippen LogP contribution in [0.4, 0.5) is 5.69 Å². The molecule has 0 aliphatic heterocycles. The van der Waals surface area contributed by atoms with Gasteiger partial charge in [0.2, 0.25) is 0 Å². The molecular weight excluding hydrogens is 230 g/mol. The van der Waals surface area contributed by atoms with Crippen molar-refractivity contribution < 1.29 is 4.92 Å². The topological polar surface area (TPSA) is 58.4 Å².